The van der Waals surface area contributed by atoms with E-state index < -0.39 is 0 Å². The van der Waals surface area contributed by atoms with Gasteiger partial charge in [0, 0.05) is 45.3 Å². The maximum atomic E-state index is 4.77. The molecule has 1 aliphatic heterocycles. The van der Waals surface area contributed by atoms with E-state index in [0.717, 1.165) is 25.0 Å². The van der Waals surface area contributed by atoms with Crippen LogP contribution in [0.4, 0.5) is 0 Å². The molecule has 1 rings (SSSR count). The fraction of sp³-hybridized carbons (Fsp3) is 0.952. The second-order valence-electron chi connectivity index (χ2n) is 8.11. The van der Waals surface area contributed by atoms with Gasteiger partial charge in [-0.05, 0) is 52.1 Å². The van der Waals surface area contributed by atoms with Crippen LogP contribution in [0.15, 0.2) is 4.99 Å². The van der Waals surface area contributed by atoms with Gasteiger partial charge in [0.2, 0.25) is 0 Å². The number of rotatable bonds is 12. The Morgan fingerprint density at radius 3 is 2.23 bits per heavy atom. The zero-order valence-corrected chi connectivity index (χ0v) is 18.2. The van der Waals surface area contributed by atoms with Crippen LogP contribution in [0.5, 0.6) is 0 Å². The van der Waals surface area contributed by atoms with Crippen LogP contribution >= 0.6 is 0 Å². The summed E-state index contributed by atoms with van der Waals surface area (Å²) in [4.78, 5) is 9.92. The van der Waals surface area contributed by atoms with Gasteiger partial charge in [0.15, 0.2) is 5.96 Å². The fourth-order valence-corrected chi connectivity index (χ4v) is 3.43. The molecule has 0 aromatic rings. The van der Waals surface area contributed by atoms with Crippen molar-refractivity contribution < 1.29 is 0 Å². The quantitative estimate of drug-likeness (QED) is 0.316. The molecule has 1 unspecified atom stereocenters. The average Bonchev–Trinajstić information content (AvgIpc) is 2.61. The molecule has 26 heavy (non-hydrogen) atoms. The predicted molar refractivity (Wildman–Crippen MR) is 115 cm³/mol. The molecule has 0 aromatic carbocycles. The Labute approximate surface area is 163 Å². The van der Waals surface area contributed by atoms with Gasteiger partial charge < -0.3 is 20.4 Å². The van der Waals surface area contributed by atoms with Crippen LogP contribution in [0.2, 0.25) is 0 Å². The normalized spacial score (nSPS) is 18.3. The molecule has 1 atom stereocenters. The summed E-state index contributed by atoms with van der Waals surface area (Å²) in [5, 5.41) is 6.95. The molecule has 0 radical (unpaired) electrons. The van der Waals surface area contributed by atoms with E-state index in [1.54, 1.807) is 0 Å². The molecule has 1 saturated heterocycles. The van der Waals surface area contributed by atoms with Crippen LogP contribution in [0.25, 0.3) is 0 Å². The number of nitrogens with one attached hydrogen (secondary N) is 2. The smallest absolute Gasteiger partial charge is 0.191 e. The van der Waals surface area contributed by atoms with Gasteiger partial charge in [-0.3, -0.25) is 4.99 Å². The molecule has 1 heterocycles. The van der Waals surface area contributed by atoms with Gasteiger partial charge in [0.1, 0.15) is 0 Å². The topological polar surface area (TPSA) is 42.9 Å². The largest absolute Gasteiger partial charge is 0.357 e. The van der Waals surface area contributed by atoms with Gasteiger partial charge in [-0.2, -0.15) is 0 Å². The molecule has 1 aliphatic rings. The minimum Gasteiger partial charge on any atom is -0.357 e. The summed E-state index contributed by atoms with van der Waals surface area (Å²) in [6.45, 7) is 20.5. The van der Waals surface area contributed by atoms with Crippen molar-refractivity contribution in [3.8, 4) is 0 Å². The third kappa shape index (κ3) is 11.0. The highest BCUT2D eigenvalue weighted by Crippen LogP contribution is 2.08. The summed E-state index contributed by atoms with van der Waals surface area (Å²) in [5.41, 5.74) is 0. The fourth-order valence-electron chi connectivity index (χ4n) is 3.43. The Balaban J connectivity index is 2.18. The second kappa shape index (κ2) is 14.3. The summed E-state index contributed by atoms with van der Waals surface area (Å²) < 4.78 is 0. The first kappa shape index (κ1) is 23.2. The number of nitrogens with zero attached hydrogens (tertiary/aromatic N) is 3. The standard InChI is InChI=1S/C21H45N5/c1-6-22-21(24-20(5)12-10-11-19(3)4)23-13-8-9-14-26-17-15-25(7-2)16-18-26/h19-20H,6-18H2,1-5H3,(H2,22,23,24). The number of likely N-dealkylation sites (N-methyl/N-ethyl adjacent to an activating group) is 1. The molecule has 5 heteroatoms. The van der Waals surface area contributed by atoms with Crippen LogP contribution in [0.1, 0.15) is 66.7 Å². The Hall–Kier alpha value is -0.810. The van der Waals surface area contributed by atoms with E-state index in [2.05, 4.69) is 55.1 Å². The predicted octanol–water partition coefficient (Wildman–Crippen LogP) is 3.17. The van der Waals surface area contributed by atoms with Gasteiger partial charge in [-0.15, -0.1) is 0 Å². The van der Waals surface area contributed by atoms with E-state index in [9.17, 15) is 0 Å². The average molecular weight is 368 g/mol. The molecule has 0 aromatic heterocycles. The van der Waals surface area contributed by atoms with Crippen molar-refractivity contribution in [3.05, 3.63) is 0 Å². The summed E-state index contributed by atoms with van der Waals surface area (Å²) in [6, 6.07) is 0.487. The molecule has 1 fully saturated rings. The highest BCUT2D eigenvalue weighted by molar-refractivity contribution is 5.79. The van der Waals surface area contributed by atoms with E-state index in [1.807, 2.05) is 0 Å². The maximum Gasteiger partial charge on any atom is 0.191 e. The van der Waals surface area contributed by atoms with E-state index in [4.69, 9.17) is 4.99 Å². The van der Waals surface area contributed by atoms with Crippen molar-refractivity contribution in [1.82, 2.24) is 20.4 Å². The number of hydrogen-bond acceptors (Lipinski definition) is 3. The molecule has 5 nitrogen and oxygen atoms in total. The molecule has 0 aliphatic carbocycles. The summed E-state index contributed by atoms with van der Waals surface area (Å²) in [5.74, 6) is 1.79. The molecule has 2 N–H and O–H groups in total. The molecule has 0 amide bonds. The van der Waals surface area contributed by atoms with E-state index >= 15 is 0 Å². The molecule has 0 spiro atoms. The number of hydrogen-bond donors (Lipinski definition) is 2. The molecule has 154 valence electrons. The molecule has 0 bridgehead atoms. The van der Waals surface area contributed by atoms with Gasteiger partial charge in [0.05, 0.1) is 0 Å². The number of unbranched alkanes of at least 4 members (excludes halogenated alkanes) is 1. The minimum absolute atomic E-state index is 0.487. The van der Waals surface area contributed by atoms with Gasteiger partial charge in [0.25, 0.3) is 0 Å². The van der Waals surface area contributed by atoms with E-state index in [1.165, 1.54) is 71.4 Å². The number of guanidine groups is 1. The van der Waals surface area contributed by atoms with Crippen molar-refractivity contribution in [1.29, 1.82) is 0 Å². The maximum absolute atomic E-state index is 4.77. The highest BCUT2D eigenvalue weighted by Gasteiger charge is 2.14. The SMILES string of the molecule is CCNC(=NCCCCN1CCN(CC)CC1)NC(C)CCCC(C)C. The Morgan fingerprint density at radius 2 is 1.62 bits per heavy atom. The Bertz CT molecular complexity index is 361. The minimum atomic E-state index is 0.487. The Kier molecular flexibility index (Phi) is 12.8. The van der Waals surface area contributed by atoms with E-state index in [0.29, 0.717) is 6.04 Å². The van der Waals surface area contributed by atoms with Crippen molar-refractivity contribution in [2.75, 3.05) is 52.4 Å². The van der Waals surface area contributed by atoms with E-state index in [-0.39, 0.29) is 0 Å². The first-order valence-corrected chi connectivity index (χ1v) is 11.0. The third-order valence-electron chi connectivity index (χ3n) is 5.21. The van der Waals surface area contributed by atoms with Crippen molar-refractivity contribution in [2.24, 2.45) is 10.9 Å². The summed E-state index contributed by atoms with van der Waals surface area (Å²) in [7, 11) is 0. The molecular weight excluding hydrogens is 322 g/mol. The lowest BCUT2D eigenvalue weighted by Crippen LogP contribution is -2.46. The lowest BCUT2D eigenvalue weighted by molar-refractivity contribution is 0.136. The lowest BCUT2D eigenvalue weighted by Gasteiger charge is -2.33. The van der Waals surface area contributed by atoms with Gasteiger partial charge in [-0.25, -0.2) is 0 Å². The zero-order chi connectivity index (χ0) is 19.2. The van der Waals surface area contributed by atoms with Crippen molar-refractivity contribution in [3.63, 3.8) is 0 Å². The molecule has 0 saturated carbocycles. The highest BCUT2D eigenvalue weighted by atomic mass is 15.3. The van der Waals surface area contributed by atoms with Gasteiger partial charge in [-0.1, -0.05) is 33.6 Å². The van der Waals surface area contributed by atoms with Crippen LogP contribution in [0, 0.1) is 5.92 Å². The zero-order valence-electron chi connectivity index (χ0n) is 18.2. The van der Waals surface area contributed by atoms with Crippen molar-refractivity contribution >= 4 is 5.96 Å². The lowest BCUT2D eigenvalue weighted by atomic mass is 10.0. The summed E-state index contributed by atoms with van der Waals surface area (Å²) >= 11 is 0. The molecular formula is C21H45N5. The van der Waals surface area contributed by atoms with Crippen LogP contribution < -0.4 is 10.6 Å². The first-order valence-electron chi connectivity index (χ1n) is 11.0. The van der Waals surface area contributed by atoms with Crippen molar-refractivity contribution in [2.45, 2.75) is 72.8 Å². The Morgan fingerprint density at radius 1 is 0.923 bits per heavy atom. The van der Waals surface area contributed by atoms with Crippen LogP contribution in [-0.2, 0) is 0 Å². The van der Waals surface area contributed by atoms with Crippen LogP contribution in [-0.4, -0.2) is 74.2 Å². The summed E-state index contributed by atoms with van der Waals surface area (Å²) in [6.07, 6.45) is 6.24. The van der Waals surface area contributed by atoms with Crippen LogP contribution in [0.3, 0.4) is 0 Å². The first-order chi connectivity index (χ1) is 12.5. The number of aliphatic imine (C=N–C) groups is 1. The van der Waals surface area contributed by atoms with Gasteiger partial charge >= 0.3 is 0 Å². The monoisotopic (exact) mass is 367 g/mol. The number of piperazine rings is 1. The second-order valence-corrected chi connectivity index (χ2v) is 8.11. The third-order valence-corrected chi connectivity index (χ3v) is 5.21.